The first-order valence-electron chi connectivity index (χ1n) is 6.99. The number of amides is 1. The Labute approximate surface area is 159 Å². The second kappa shape index (κ2) is 8.38. The minimum absolute atomic E-state index is 0.0172. The van der Waals surface area contributed by atoms with Crippen LogP contribution in [0.4, 0.5) is 5.69 Å². The molecule has 1 aromatic carbocycles. The number of carbonyl (C=O) groups excluding carboxylic acids is 2. The molecule has 0 spiro atoms. The zero-order valence-electron chi connectivity index (χ0n) is 13.2. The van der Waals surface area contributed by atoms with Crippen LogP contribution in [0.3, 0.4) is 0 Å². The smallest absolute Gasteiger partial charge is 0.359 e. The Balaban J connectivity index is 2.08. The van der Waals surface area contributed by atoms with Crippen molar-refractivity contribution in [2.75, 3.05) is 12.4 Å². The molecule has 0 aliphatic heterocycles. The van der Waals surface area contributed by atoms with Crippen LogP contribution in [0.1, 0.15) is 17.4 Å². The molecule has 0 saturated heterocycles. The van der Waals surface area contributed by atoms with Crippen molar-refractivity contribution >= 4 is 52.4 Å². The molecule has 1 aromatic heterocycles. The molecule has 0 aliphatic carbocycles. The highest BCUT2D eigenvalue weighted by Gasteiger charge is 2.24. The third-order valence-corrected chi connectivity index (χ3v) is 4.37. The van der Waals surface area contributed by atoms with E-state index in [1.165, 1.54) is 20.2 Å². The van der Waals surface area contributed by atoms with Gasteiger partial charge in [-0.05, 0) is 19.1 Å². The molecule has 0 aliphatic rings. The second-order valence-electron chi connectivity index (χ2n) is 4.82. The van der Waals surface area contributed by atoms with E-state index in [-0.39, 0.29) is 20.8 Å². The molecule has 132 valence electrons. The molecule has 1 heterocycles. The number of rotatable bonds is 5. The van der Waals surface area contributed by atoms with Crippen LogP contribution in [-0.2, 0) is 9.53 Å². The third kappa shape index (κ3) is 4.54. The van der Waals surface area contributed by atoms with Gasteiger partial charge in [0.15, 0.2) is 11.8 Å². The van der Waals surface area contributed by atoms with E-state index in [1.807, 2.05) is 0 Å². The fourth-order valence-corrected chi connectivity index (χ4v) is 2.40. The van der Waals surface area contributed by atoms with Gasteiger partial charge in [0, 0.05) is 6.20 Å². The normalized spacial score (nSPS) is 11.6. The van der Waals surface area contributed by atoms with Crippen molar-refractivity contribution in [1.29, 1.82) is 0 Å². The number of esters is 1. The lowest BCUT2D eigenvalue weighted by Gasteiger charge is -2.15. The molecule has 25 heavy (non-hydrogen) atoms. The molecule has 9 heteroatoms. The molecule has 0 saturated carbocycles. The largest absolute Gasteiger partial charge is 0.495 e. The Morgan fingerprint density at radius 3 is 2.52 bits per heavy atom. The number of pyridine rings is 1. The maximum Gasteiger partial charge on any atom is 0.359 e. The summed E-state index contributed by atoms with van der Waals surface area (Å²) in [5, 5.41) is 2.55. The van der Waals surface area contributed by atoms with Gasteiger partial charge < -0.3 is 14.8 Å². The molecule has 0 unspecified atom stereocenters. The topological polar surface area (TPSA) is 77.5 Å². The first kappa shape index (κ1) is 19.3. The van der Waals surface area contributed by atoms with E-state index < -0.39 is 18.0 Å². The van der Waals surface area contributed by atoms with Crippen LogP contribution in [0.2, 0.25) is 15.1 Å². The van der Waals surface area contributed by atoms with Crippen LogP contribution in [0.25, 0.3) is 0 Å². The average molecular weight is 404 g/mol. The SMILES string of the molecule is COc1ccccc1NC(=O)[C@H](C)OC(=O)c1ncc(Cl)c(Cl)c1Cl. The number of para-hydroxylation sites is 2. The summed E-state index contributed by atoms with van der Waals surface area (Å²) in [7, 11) is 1.48. The number of carbonyl (C=O) groups is 2. The summed E-state index contributed by atoms with van der Waals surface area (Å²) >= 11 is 17.5. The fraction of sp³-hybridized carbons (Fsp3) is 0.188. The zero-order valence-corrected chi connectivity index (χ0v) is 15.4. The van der Waals surface area contributed by atoms with Crippen molar-refractivity contribution in [3.63, 3.8) is 0 Å². The molecule has 0 fully saturated rings. The van der Waals surface area contributed by atoms with Crippen LogP contribution in [0, 0.1) is 0 Å². The summed E-state index contributed by atoms with van der Waals surface area (Å²) in [6.45, 7) is 1.41. The number of hydrogen-bond acceptors (Lipinski definition) is 5. The van der Waals surface area contributed by atoms with Crippen LogP contribution < -0.4 is 10.1 Å². The molecule has 1 amide bonds. The quantitative estimate of drug-likeness (QED) is 0.756. The molecule has 2 rings (SSSR count). The Bertz CT molecular complexity index is 814. The number of hydrogen-bond donors (Lipinski definition) is 1. The van der Waals surface area contributed by atoms with Gasteiger partial charge in [-0.15, -0.1) is 0 Å². The number of methoxy groups -OCH3 is 1. The minimum atomic E-state index is -1.11. The molecule has 6 nitrogen and oxygen atoms in total. The van der Waals surface area contributed by atoms with E-state index >= 15 is 0 Å². The Morgan fingerprint density at radius 2 is 1.84 bits per heavy atom. The number of aromatic nitrogens is 1. The van der Waals surface area contributed by atoms with Crippen molar-refractivity contribution in [2.24, 2.45) is 0 Å². The summed E-state index contributed by atoms with van der Waals surface area (Å²) < 4.78 is 10.2. The van der Waals surface area contributed by atoms with Gasteiger partial charge in [0.1, 0.15) is 5.75 Å². The lowest BCUT2D eigenvalue weighted by molar-refractivity contribution is -0.123. The molecular formula is C16H13Cl3N2O4. The van der Waals surface area contributed by atoms with E-state index in [0.717, 1.165) is 0 Å². The van der Waals surface area contributed by atoms with Gasteiger partial charge in [0.2, 0.25) is 0 Å². The highest BCUT2D eigenvalue weighted by Crippen LogP contribution is 2.31. The number of benzene rings is 1. The van der Waals surface area contributed by atoms with Crippen molar-refractivity contribution in [2.45, 2.75) is 13.0 Å². The second-order valence-corrected chi connectivity index (χ2v) is 5.98. The van der Waals surface area contributed by atoms with Gasteiger partial charge in [-0.3, -0.25) is 4.79 Å². The summed E-state index contributed by atoms with van der Waals surface area (Å²) in [6.07, 6.45) is 0.0658. The zero-order chi connectivity index (χ0) is 18.6. The van der Waals surface area contributed by atoms with Crippen LogP contribution in [0.5, 0.6) is 5.75 Å². The predicted octanol–water partition coefficient (Wildman–Crippen LogP) is 4.23. The summed E-state index contributed by atoms with van der Waals surface area (Å²) in [4.78, 5) is 28.1. The van der Waals surface area contributed by atoms with Gasteiger partial charge in [-0.2, -0.15) is 0 Å². The van der Waals surface area contributed by atoms with E-state index in [2.05, 4.69) is 10.3 Å². The monoisotopic (exact) mass is 402 g/mol. The van der Waals surface area contributed by atoms with E-state index in [4.69, 9.17) is 44.3 Å². The number of anilines is 1. The molecule has 2 aromatic rings. The molecule has 1 N–H and O–H groups in total. The fourth-order valence-electron chi connectivity index (χ4n) is 1.84. The van der Waals surface area contributed by atoms with E-state index in [9.17, 15) is 9.59 Å². The highest BCUT2D eigenvalue weighted by atomic mass is 35.5. The van der Waals surface area contributed by atoms with Crippen LogP contribution in [-0.4, -0.2) is 30.1 Å². The number of ether oxygens (including phenoxy) is 2. The van der Waals surface area contributed by atoms with Gasteiger partial charge >= 0.3 is 5.97 Å². The van der Waals surface area contributed by atoms with Gasteiger partial charge in [-0.25, -0.2) is 9.78 Å². The molecular weight excluding hydrogens is 391 g/mol. The first-order valence-corrected chi connectivity index (χ1v) is 8.13. The number of nitrogens with one attached hydrogen (secondary N) is 1. The van der Waals surface area contributed by atoms with Crippen LogP contribution >= 0.6 is 34.8 Å². The Kier molecular flexibility index (Phi) is 6.47. The Hall–Kier alpha value is -2.02. The van der Waals surface area contributed by atoms with Crippen molar-refractivity contribution in [3.8, 4) is 5.75 Å². The predicted molar refractivity (Wildman–Crippen MR) is 95.8 cm³/mol. The summed E-state index contributed by atoms with van der Waals surface area (Å²) in [5.41, 5.74) is 0.219. The maximum atomic E-state index is 12.2. The highest BCUT2D eigenvalue weighted by molar-refractivity contribution is 6.48. The van der Waals surface area contributed by atoms with Crippen molar-refractivity contribution in [3.05, 3.63) is 51.2 Å². The molecule has 0 radical (unpaired) electrons. The van der Waals surface area contributed by atoms with E-state index in [1.54, 1.807) is 24.3 Å². The van der Waals surface area contributed by atoms with Gasteiger partial charge in [0.25, 0.3) is 5.91 Å². The maximum absolute atomic E-state index is 12.2. The Morgan fingerprint density at radius 1 is 1.16 bits per heavy atom. The van der Waals surface area contributed by atoms with E-state index in [0.29, 0.717) is 11.4 Å². The van der Waals surface area contributed by atoms with Gasteiger partial charge in [0.05, 0.1) is 27.9 Å². The number of nitrogens with zero attached hydrogens (tertiary/aromatic N) is 1. The number of halogens is 3. The third-order valence-electron chi connectivity index (χ3n) is 3.13. The molecule has 0 bridgehead atoms. The van der Waals surface area contributed by atoms with Gasteiger partial charge in [-0.1, -0.05) is 46.9 Å². The first-order chi connectivity index (χ1) is 11.8. The standard InChI is InChI=1S/C16H13Cl3N2O4/c1-8(15(22)21-10-5-3-4-6-11(10)24-2)25-16(23)14-13(19)12(18)9(17)7-20-14/h3-8H,1-2H3,(H,21,22)/t8-/m0/s1. The minimum Gasteiger partial charge on any atom is -0.495 e. The molecule has 1 atom stereocenters. The van der Waals surface area contributed by atoms with Crippen LogP contribution in [0.15, 0.2) is 30.5 Å². The summed E-state index contributed by atoms with van der Waals surface area (Å²) in [5.74, 6) is -0.969. The average Bonchev–Trinajstić information content (AvgIpc) is 2.60. The van der Waals surface area contributed by atoms with Crippen molar-refractivity contribution < 1.29 is 19.1 Å². The summed E-state index contributed by atoms with van der Waals surface area (Å²) in [6, 6.07) is 6.83. The van der Waals surface area contributed by atoms with Crippen molar-refractivity contribution in [1.82, 2.24) is 4.98 Å². The lowest BCUT2D eigenvalue weighted by Crippen LogP contribution is -2.30. The lowest BCUT2D eigenvalue weighted by atomic mass is 10.2.